The molecule has 0 amide bonds. The van der Waals surface area contributed by atoms with Gasteiger partial charge in [-0.2, -0.15) is 5.26 Å². The average Bonchev–Trinajstić information content (AvgIpc) is 2.78. The molecule has 156 valence electrons. The molecule has 3 rings (SSSR count). The summed E-state index contributed by atoms with van der Waals surface area (Å²) in [5.74, 6) is -0.317. The zero-order valence-corrected chi connectivity index (χ0v) is 17.3. The lowest BCUT2D eigenvalue weighted by Gasteiger charge is -2.28. The van der Waals surface area contributed by atoms with Gasteiger partial charge in [-0.15, -0.1) is 0 Å². The van der Waals surface area contributed by atoms with E-state index in [2.05, 4.69) is 6.92 Å². The van der Waals surface area contributed by atoms with Gasteiger partial charge in [-0.05, 0) is 35.8 Å². The number of benzene rings is 2. The maximum Gasteiger partial charge on any atom is 0.192 e. The van der Waals surface area contributed by atoms with Gasteiger partial charge in [0.2, 0.25) is 0 Å². The van der Waals surface area contributed by atoms with Gasteiger partial charge < -0.3 is 4.74 Å². The highest BCUT2D eigenvalue weighted by atomic mass is 19.2. The van der Waals surface area contributed by atoms with Gasteiger partial charge >= 0.3 is 0 Å². The predicted molar refractivity (Wildman–Crippen MR) is 116 cm³/mol. The molecule has 0 spiro atoms. The number of nitriles is 1. The van der Waals surface area contributed by atoms with Crippen LogP contribution < -0.4 is 4.74 Å². The molecular weight excluding hydrogens is 380 g/mol. The Hall–Kier alpha value is -2.93. The number of rotatable bonds is 9. The third-order valence-electron chi connectivity index (χ3n) is 5.40. The first-order valence-electron chi connectivity index (χ1n) is 10.6. The van der Waals surface area contributed by atoms with Crippen LogP contribution in [0.5, 0.6) is 5.75 Å². The zero-order chi connectivity index (χ0) is 21.4. The number of halogens is 2. The van der Waals surface area contributed by atoms with Crippen molar-refractivity contribution in [3.8, 4) is 22.9 Å². The molecular formula is C26H27F2NO. The number of ether oxygens (including phenoxy) is 1. The third-order valence-corrected chi connectivity index (χ3v) is 5.40. The molecule has 1 unspecified atom stereocenters. The number of hydrogen-bond acceptors (Lipinski definition) is 2. The summed E-state index contributed by atoms with van der Waals surface area (Å²) in [5, 5.41) is 9.13. The molecule has 30 heavy (non-hydrogen) atoms. The first-order valence-corrected chi connectivity index (χ1v) is 10.6. The van der Waals surface area contributed by atoms with Crippen molar-refractivity contribution in [2.45, 2.75) is 51.1 Å². The largest absolute Gasteiger partial charge is 0.494 e. The lowest BCUT2D eigenvalue weighted by atomic mass is 9.81. The van der Waals surface area contributed by atoms with Crippen molar-refractivity contribution < 1.29 is 13.5 Å². The van der Waals surface area contributed by atoms with E-state index in [9.17, 15) is 4.39 Å². The molecule has 2 aromatic carbocycles. The molecule has 0 heterocycles. The van der Waals surface area contributed by atoms with Gasteiger partial charge in [-0.1, -0.05) is 75.1 Å². The van der Waals surface area contributed by atoms with Gasteiger partial charge in [0.1, 0.15) is 11.8 Å². The fourth-order valence-electron chi connectivity index (χ4n) is 3.76. The minimum atomic E-state index is -2.35. The Kier molecular flexibility index (Phi) is 7.41. The van der Waals surface area contributed by atoms with E-state index in [-0.39, 0.29) is 17.6 Å². The van der Waals surface area contributed by atoms with Gasteiger partial charge in [-0.25, -0.2) is 8.78 Å². The first kappa shape index (κ1) is 21.8. The van der Waals surface area contributed by atoms with Crippen molar-refractivity contribution in [1.29, 1.82) is 5.26 Å². The fraction of sp³-hybridized carbons (Fsp3) is 0.346. The van der Waals surface area contributed by atoms with Gasteiger partial charge in [-0.3, -0.25) is 0 Å². The molecule has 0 radical (unpaired) electrons. The maximum absolute atomic E-state index is 15.9. The van der Waals surface area contributed by atoms with Gasteiger partial charge in [0, 0.05) is 12.0 Å². The second kappa shape index (κ2) is 10.2. The standard InChI is InChI=1S/C26H27F2NO/c1-2-3-4-5-8-17-30-22-13-9-11-20(18-22)23-14-6-7-15-24(23)26(28)16-10-12-21(19-29)25(26)27/h6-7,9-15,18H,2-5,8,16-17H2,1H3. The van der Waals surface area contributed by atoms with Gasteiger partial charge in [0.25, 0.3) is 0 Å². The van der Waals surface area contributed by atoms with Gasteiger partial charge in [0.15, 0.2) is 11.5 Å². The molecule has 0 N–H and O–H groups in total. The second-order valence-corrected chi connectivity index (χ2v) is 7.58. The summed E-state index contributed by atoms with van der Waals surface area (Å²) in [7, 11) is 0. The topological polar surface area (TPSA) is 33.0 Å². The molecule has 0 aliphatic heterocycles. The summed E-state index contributed by atoms with van der Waals surface area (Å²) < 4.78 is 36.6. The Morgan fingerprint density at radius 3 is 2.67 bits per heavy atom. The summed E-state index contributed by atoms with van der Waals surface area (Å²) in [4.78, 5) is 0. The normalized spacial score (nSPS) is 18.3. The Morgan fingerprint density at radius 2 is 1.87 bits per heavy atom. The van der Waals surface area contributed by atoms with Gasteiger partial charge in [0.05, 0.1) is 12.2 Å². The summed E-state index contributed by atoms with van der Waals surface area (Å²) in [6.07, 6.45) is 8.50. The van der Waals surface area contributed by atoms with Crippen LogP contribution in [0.2, 0.25) is 0 Å². The van der Waals surface area contributed by atoms with Crippen LogP contribution in [0.15, 0.2) is 72.1 Å². The smallest absolute Gasteiger partial charge is 0.192 e. The highest BCUT2D eigenvalue weighted by Crippen LogP contribution is 2.46. The molecule has 0 bridgehead atoms. The molecule has 4 heteroatoms. The Balaban J connectivity index is 1.84. The van der Waals surface area contributed by atoms with Crippen LogP contribution in [0.25, 0.3) is 11.1 Å². The molecule has 2 nitrogen and oxygen atoms in total. The van der Waals surface area contributed by atoms with Crippen molar-refractivity contribution in [3.05, 3.63) is 77.6 Å². The number of nitrogens with zero attached hydrogens (tertiary/aromatic N) is 1. The van der Waals surface area contributed by atoms with Crippen LogP contribution in [0, 0.1) is 11.3 Å². The van der Waals surface area contributed by atoms with E-state index in [1.807, 2.05) is 24.3 Å². The molecule has 1 atom stereocenters. The van der Waals surface area contributed by atoms with Crippen molar-refractivity contribution in [2.75, 3.05) is 6.61 Å². The van der Waals surface area contributed by atoms with E-state index in [1.54, 1.807) is 30.3 Å². The van der Waals surface area contributed by atoms with E-state index in [1.165, 1.54) is 31.4 Å². The minimum Gasteiger partial charge on any atom is -0.494 e. The molecule has 0 saturated carbocycles. The summed E-state index contributed by atoms with van der Waals surface area (Å²) in [5.41, 5.74) is -1.05. The van der Waals surface area contributed by atoms with Crippen molar-refractivity contribution in [2.24, 2.45) is 0 Å². The van der Waals surface area contributed by atoms with E-state index >= 15 is 4.39 Å². The maximum atomic E-state index is 15.9. The molecule has 0 fully saturated rings. The molecule has 1 aliphatic carbocycles. The third kappa shape index (κ3) is 4.79. The van der Waals surface area contributed by atoms with Crippen LogP contribution >= 0.6 is 0 Å². The van der Waals surface area contributed by atoms with Crippen LogP contribution in [0.4, 0.5) is 8.78 Å². The predicted octanol–water partition coefficient (Wildman–Crippen LogP) is 7.57. The van der Waals surface area contributed by atoms with E-state index in [4.69, 9.17) is 10.00 Å². The molecule has 2 aromatic rings. The zero-order valence-electron chi connectivity index (χ0n) is 17.3. The van der Waals surface area contributed by atoms with Crippen molar-refractivity contribution >= 4 is 0 Å². The summed E-state index contributed by atoms with van der Waals surface area (Å²) in [6, 6.07) is 16.1. The summed E-state index contributed by atoms with van der Waals surface area (Å²) >= 11 is 0. The van der Waals surface area contributed by atoms with Crippen molar-refractivity contribution in [3.63, 3.8) is 0 Å². The lowest BCUT2D eigenvalue weighted by molar-refractivity contribution is 0.176. The lowest BCUT2D eigenvalue weighted by Crippen LogP contribution is -2.24. The number of hydrogen-bond donors (Lipinski definition) is 0. The van der Waals surface area contributed by atoms with Crippen molar-refractivity contribution in [1.82, 2.24) is 0 Å². The van der Waals surface area contributed by atoms with Crippen LogP contribution in [-0.2, 0) is 5.67 Å². The number of allylic oxidation sites excluding steroid dienone is 4. The van der Waals surface area contributed by atoms with Crippen LogP contribution in [0.3, 0.4) is 0 Å². The monoisotopic (exact) mass is 407 g/mol. The number of alkyl halides is 1. The quantitative estimate of drug-likeness (QED) is 0.402. The van der Waals surface area contributed by atoms with E-state index in [0.29, 0.717) is 17.9 Å². The van der Waals surface area contributed by atoms with Crippen LogP contribution in [0.1, 0.15) is 51.0 Å². The van der Waals surface area contributed by atoms with Crippen LogP contribution in [-0.4, -0.2) is 6.61 Å². The molecule has 1 aliphatic rings. The Morgan fingerprint density at radius 1 is 1.07 bits per heavy atom. The average molecular weight is 408 g/mol. The Labute approximate surface area is 177 Å². The second-order valence-electron chi connectivity index (χ2n) is 7.58. The van der Waals surface area contributed by atoms with E-state index in [0.717, 1.165) is 18.4 Å². The number of unbranched alkanes of at least 4 members (excludes halogenated alkanes) is 4. The molecule has 0 saturated heterocycles. The molecule has 0 aromatic heterocycles. The SMILES string of the molecule is CCCCCCCOc1cccc(-c2ccccc2C2(F)CC=CC(C#N)=C2F)c1. The first-order chi connectivity index (χ1) is 14.6. The highest BCUT2D eigenvalue weighted by Gasteiger charge is 2.41. The fourth-order valence-corrected chi connectivity index (χ4v) is 3.76. The van der Waals surface area contributed by atoms with E-state index < -0.39 is 11.5 Å². The minimum absolute atomic E-state index is 0.144. The Bertz CT molecular complexity index is 973. The highest BCUT2D eigenvalue weighted by molar-refractivity contribution is 5.71. The summed E-state index contributed by atoms with van der Waals surface area (Å²) in [6.45, 7) is 2.82.